The monoisotopic (exact) mass is 393 g/mol. The number of piperidine rings is 1. The Morgan fingerprint density at radius 3 is 2.97 bits per heavy atom. The lowest BCUT2D eigenvalue weighted by Gasteiger charge is -2.34. The van der Waals surface area contributed by atoms with Gasteiger partial charge in [0.1, 0.15) is 11.6 Å². The van der Waals surface area contributed by atoms with E-state index in [-0.39, 0.29) is 17.8 Å². The Morgan fingerprint density at radius 2 is 2.10 bits per heavy atom. The fourth-order valence-corrected chi connectivity index (χ4v) is 3.84. The number of hydrogen-bond acceptors (Lipinski definition) is 4. The Bertz CT molecular complexity index is 1020. The van der Waals surface area contributed by atoms with Crippen molar-refractivity contribution < 1.29 is 13.9 Å². The van der Waals surface area contributed by atoms with Crippen LogP contribution in [-0.2, 0) is 11.3 Å². The number of ether oxygens (including phenoxy) is 1. The van der Waals surface area contributed by atoms with Crippen LogP contribution in [0.3, 0.4) is 0 Å². The molecule has 1 fully saturated rings. The molecule has 1 aromatic heterocycles. The zero-order valence-electron chi connectivity index (χ0n) is 16.4. The van der Waals surface area contributed by atoms with Crippen LogP contribution in [0.1, 0.15) is 25.0 Å². The molecule has 1 N–H and O–H groups in total. The number of nitrogens with zero attached hydrogens (tertiary/aromatic N) is 2. The average Bonchev–Trinajstić information content (AvgIpc) is 2.74. The third-order valence-corrected chi connectivity index (χ3v) is 5.33. The van der Waals surface area contributed by atoms with Gasteiger partial charge in [-0.15, -0.1) is 0 Å². The molecule has 3 aromatic rings. The second-order valence-electron chi connectivity index (χ2n) is 7.34. The molecule has 0 bridgehead atoms. The lowest BCUT2D eigenvalue weighted by molar-refractivity contribution is -0.122. The molecule has 1 amide bonds. The van der Waals surface area contributed by atoms with Gasteiger partial charge in [0.25, 0.3) is 0 Å². The number of benzene rings is 2. The maximum Gasteiger partial charge on any atom is 0.241 e. The van der Waals surface area contributed by atoms with Crippen molar-refractivity contribution in [3.8, 4) is 5.75 Å². The number of amides is 1. The number of halogens is 1. The minimum Gasteiger partial charge on any atom is -0.497 e. The lowest BCUT2D eigenvalue weighted by Crippen LogP contribution is -2.46. The summed E-state index contributed by atoms with van der Waals surface area (Å²) in [6.45, 7) is 1.43. The van der Waals surface area contributed by atoms with Crippen molar-refractivity contribution in [1.29, 1.82) is 0 Å². The van der Waals surface area contributed by atoms with Crippen molar-refractivity contribution in [2.24, 2.45) is 0 Å². The van der Waals surface area contributed by atoms with Crippen molar-refractivity contribution in [3.05, 3.63) is 66.1 Å². The van der Waals surface area contributed by atoms with Gasteiger partial charge in [0.2, 0.25) is 5.91 Å². The zero-order valence-corrected chi connectivity index (χ0v) is 16.4. The number of anilines is 1. The van der Waals surface area contributed by atoms with E-state index < -0.39 is 0 Å². The van der Waals surface area contributed by atoms with Crippen LogP contribution in [0, 0.1) is 5.82 Å². The summed E-state index contributed by atoms with van der Waals surface area (Å²) >= 11 is 0. The predicted molar refractivity (Wildman–Crippen MR) is 111 cm³/mol. The number of rotatable bonds is 5. The van der Waals surface area contributed by atoms with Crippen molar-refractivity contribution in [3.63, 3.8) is 0 Å². The topological polar surface area (TPSA) is 54.5 Å². The fraction of sp³-hybridized carbons (Fsp3) is 0.304. The summed E-state index contributed by atoms with van der Waals surface area (Å²) in [6.07, 6.45) is 2.90. The standard InChI is InChI=1S/C23H24FN3O2/c1-29-20-6-4-5-18(14-20)26-23(28)22-7-2-3-12-27(22)15-19-10-8-16-13-17(24)9-11-21(16)25-19/h4-6,8-11,13-14,22H,2-3,7,12,15H2,1H3,(H,26,28). The first-order chi connectivity index (χ1) is 14.1. The normalized spacial score (nSPS) is 17.2. The van der Waals surface area contributed by atoms with Crippen molar-refractivity contribution in [2.45, 2.75) is 31.8 Å². The molecule has 1 unspecified atom stereocenters. The molecule has 1 saturated heterocycles. The fourth-order valence-electron chi connectivity index (χ4n) is 3.84. The average molecular weight is 393 g/mol. The summed E-state index contributed by atoms with van der Waals surface area (Å²) < 4.78 is 18.6. The summed E-state index contributed by atoms with van der Waals surface area (Å²) in [6, 6.07) is 15.6. The molecule has 0 spiro atoms. The number of carbonyl (C=O) groups is 1. The van der Waals surface area contributed by atoms with E-state index in [9.17, 15) is 9.18 Å². The predicted octanol–water partition coefficient (Wildman–Crippen LogP) is 4.38. The molecule has 1 aliphatic heterocycles. The highest BCUT2D eigenvalue weighted by molar-refractivity contribution is 5.95. The Labute approximate surface area is 169 Å². The highest BCUT2D eigenvalue weighted by Crippen LogP contribution is 2.23. The number of methoxy groups -OCH3 is 1. The van der Waals surface area contributed by atoms with E-state index in [1.807, 2.05) is 36.4 Å². The van der Waals surface area contributed by atoms with Crippen LogP contribution in [0.15, 0.2) is 54.6 Å². The second-order valence-corrected chi connectivity index (χ2v) is 7.34. The van der Waals surface area contributed by atoms with Crippen LogP contribution in [0.5, 0.6) is 5.75 Å². The quantitative estimate of drug-likeness (QED) is 0.699. The number of hydrogen-bond donors (Lipinski definition) is 1. The molecule has 0 saturated carbocycles. The maximum absolute atomic E-state index is 13.4. The molecule has 1 aliphatic rings. The molecule has 1 atom stereocenters. The molecule has 2 heterocycles. The molecule has 2 aromatic carbocycles. The SMILES string of the molecule is COc1cccc(NC(=O)C2CCCCN2Cc2ccc3cc(F)ccc3n2)c1. The third kappa shape index (κ3) is 4.54. The number of nitrogens with one attached hydrogen (secondary N) is 1. The van der Waals surface area contributed by atoms with Gasteiger partial charge in [-0.05, 0) is 55.8 Å². The molecule has 29 heavy (non-hydrogen) atoms. The third-order valence-electron chi connectivity index (χ3n) is 5.33. The zero-order chi connectivity index (χ0) is 20.2. The van der Waals surface area contributed by atoms with E-state index in [0.717, 1.165) is 48.1 Å². The number of likely N-dealkylation sites (tertiary alicyclic amines) is 1. The number of aromatic nitrogens is 1. The molecule has 5 nitrogen and oxygen atoms in total. The van der Waals surface area contributed by atoms with Gasteiger partial charge in [-0.25, -0.2) is 4.39 Å². The van der Waals surface area contributed by atoms with Crippen LogP contribution < -0.4 is 10.1 Å². The highest BCUT2D eigenvalue weighted by Gasteiger charge is 2.29. The van der Waals surface area contributed by atoms with Crippen molar-refractivity contribution in [2.75, 3.05) is 19.0 Å². The molecule has 150 valence electrons. The summed E-state index contributed by atoms with van der Waals surface area (Å²) in [5.41, 5.74) is 2.37. The first-order valence-electron chi connectivity index (χ1n) is 9.86. The van der Waals surface area contributed by atoms with E-state index in [4.69, 9.17) is 4.74 Å². The Balaban J connectivity index is 1.49. The van der Waals surface area contributed by atoms with E-state index in [0.29, 0.717) is 12.3 Å². The van der Waals surface area contributed by atoms with Gasteiger partial charge >= 0.3 is 0 Å². The van der Waals surface area contributed by atoms with Gasteiger partial charge in [0, 0.05) is 23.7 Å². The van der Waals surface area contributed by atoms with Gasteiger partial charge in [-0.2, -0.15) is 0 Å². The van der Waals surface area contributed by atoms with Crippen LogP contribution >= 0.6 is 0 Å². The lowest BCUT2D eigenvalue weighted by atomic mass is 10.0. The van der Waals surface area contributed by atoms with Gasteiger partial charge in [-0.3, -0.25) is 14.7 Å². The molecule has 4 rings (SSSR count). The summed E-state index contributed by atoms with van der Waals surface area (Å²) in [7, 11) is 1.61. The van der Waals surface area contributed by atoms with E-state index in [2.05, 4.69) is 15.2 Å². The first kappa shape index (κ1) is 19.3. The van der Waals surface area contributed by atoms with E-state index in [1.165, 1.54) is 12.1 Å². The molecular formula is C23H24FN3O2. The van der Waals surface area contributed by atoms with Crippen molar-refractivity contribution >= 4 is 22.5 Å². The molecule has 6 heteroatoms. The minimum atomic E-state index is -0.266. The van der Waals surface area contributed by atoms with Gasteiger partial charge in [0.05, 0.1) is 24.4 Å². The molecular weight excluding hydrogens is 369 g/mol. The Kier molecular flexibility index (Phi) is 5.71. The van der Waals surface area contributed by atoms with Gasteiger partial charge in [0.15, 0.2) is 0 Å². The van der Waals surface area contributed by atoms with Crippen LogP contribution in [0.4, 0.5) is 10.1 Å². The summed E-state index contributed by atoms with van der Waals surface area (Å²) in [5.74, 6) is 0.429. The second kappa shape index (κ2) is 8.57. The van der Waals surface area contributed by atoms with E-state index in [1.54, 1.807) is 13.2 Å². The molecule has 0 radical (unpaired) electrons. The Morgan fingerprint density at radius 1 is 1.21 bits per heavy atom. The van der Waals surface area contributed by atoms with Gasteiger partial charge < -0.3 is 10.1 Å². The summed E-state index contributed by atoms with van der Waals surface area (Å²) in [5, 5.41) is 3.79. The van der Waals surface area contributed by atoms with Crippen LogP contribution in [-0.4, -0.2) is 35.5 Å². The van der Waals surface area contributed by atoms with Crippen molar-refractivity contribution in [1.82, 2.24) is 9.88 Å². The van der Waals surface area contributed by atoms with Crippen LogP contribution in [0.2, 0.25) is 0 Å². The Hall–Kier alpha value is -2.99. The highest BCUT2D eigenvalue weighted by atomic mass is 19.1. The molecule has 0 aliphatic carbocycles. The number of carbonyl (C=O) groups excluding carboxylic acids is 1. The first-order valence-corrected chi connectivity index (χ1v) is 9.86. The summed E-state index contributed by atoms with van der Waals surface area (Å²) in [4.78, 5) is 19.8. The minimum absolute atomic E-state index is 0.0131. The van der Waals surface area contributed by atoms with Gasteiger partial charge in [-0.1, -0.05) is 18.6 Å². The smallest absolute Gasteiger partial charge is 0.241 e. The largest absolute Gasteiger partial charge is 0.497 e. The number of fused-ring (bicyclic) bond motifs is 1. The van der Waals surface area contributed by atoms with Crippen LogP contribution in [0.25, 0.3) is 10.9 Å². The van der Waals surface area contributed by atoms with E-state index >= 15 is 0 Å². The maximum atomic E-state index is 13.4. The number of pyridine rings is 1.